The van der Waals surface area contributed by atoms with Gasteiger partial charge in [-0.05, 0) is 0 Å². The molecule has 5 nitrogen and oxygen atoms in total. The van der Waals surface area contributed by atoms with Crippen molar-refractivity contribution in [3.63, 3.8) is 0 Å². The molecule has 78 valence electrons. The van der Waals surface area contributed by atoms with Gasteiger partial charge in [0.05, 0.1) is 21.1 Å². The topological polar surface area (TPSA) is 66.8 Å². The van der Waals surface area contributed by atoms with Gasteiger partial charge in [0.15, 0.2) is 0 Å². The van der Waals surface area contributed by atoms with E-state index < -0.39 is 7.82 Å². The number of nitrogens with zero attached hydrogens (tertiary/aromatic N) is 1. The molecule has 0 atom stereocenters. The average Bonchev–Trinajstić information content (AvgIpc) is 1.55. The van der Waals surface area contributed by atoms with Crippen LogP contribution in [0, 0.1) is 0 Å². The largest absolute Gasteiger partial charge is 1.00 e. The van der Waals surface area contributed by atoms with Crippen molar-refractivity contribution in [2.24, 2.45) is 0 Å². The SMILES string of the molecule is C[N+](C)(C)CCOP(=O)(O)O.[Ca].[Cl-]. The van der Waals surface area contributed by atoms with Crippen molar-refractivity contribution in [2.45, 2.75) is 0 Å². The molecule has 0 aromatic carbocycles. The number of rotatable bonds is 4. The normalized spacial score (nSPS) is 11.5. The first-order chi connectivity index (χ1) is 4.71. The summed E-state index contributed by atoms with van der Waals surface area (Å²) in [5, 5.41) is 0. The van der Waals surface area contributed by atoms with E-state index in [2.05, 4.69) is 4.52 Å². The van der Waals surface area contributed by atoms with E-state index in [1.165, 1.54) is 0 Å². The zero-order chi connectivity index (χ0) is 9.12. The Kier molecular flexibility index (Phi) is 12.1. The summed E-state index contributed by atoms with van der Waals surface area (Å²) in [7, 11) is 1.50. The van der Waals surface area contributed by atoms with Gasteiger partial charge >= 0.3 is 7.82 Å². The van der Waals surface area contributed by atoms with Crippen molar-refractivity contribution in [2.75, 3.05) is 34.3 Å². The minimum absolute atomic E-state index is 0. The van der Waals surface area contributed by atoms with Gasteiger partial charge in [-0.2, -0.15) is 0 Å². The smallest absolute Gasteiger partial charge is 0.469 e. The molecule has 0 saturated carbocycles. The first-order valence-electron chi connectivity index (χ1n) is 3.21. The number of phosphoric acid groups is 1. The van der Waals surface area contributed by atoms with Crippen molar-refractivity contribution >= 4 is 45.6 Å². The molecule has 0 bridgehead atoms. The maximum atomic E-state index is 10.2. The Bertz CT molecular complexity index is 168. The van der Waals surface area contributed by atoms with Crippen LogP contribution in [-0.4, -0.2) is 86.3 Å². The number of likely N-dealkylation sites (N-methyl/N-ethyl adjacent to an activating group) is 1. The van der Waals surface area contributed by atoms with Crippen LogP contribution < -0.4 is 12.4 Å². The molecule has 2 radical (unpaired) electrons. The van der Waals surface area contributed by atoms with Crippen LogP contribution in [0.15, 0.2) is 0 Å². The number of phosphoric ester groups is 1. The van der Waals surface area contributed by atoms with Crippen LogP contribution in [0.4, 0.5) is 0 Å². The fourth-order valence-corrected chi connectivity index (χ4v) is 0.753. The monoisotopic (exact) mass is 259 g/mol. The van der Waals surface area contributed by atoms with Gasteiger partial charge in [-0.25, -0.2) is 4.57 Å². The fraction of sp³-hybridized carbons (Fsp3) is 1.00. The van der Waals surface area contributed by atoms with Crippen LogP contribution in [0.2, 0.25) is 0 Å². The molecule has 0 rings (SSSR count). The van der Waals surface area contributed by atoms with Gasteiger partial charge in [-0.1, -0.05) is 0 Å². The van der Waals surface area contributed by atoms with Crippen molar-refractivity contribution in [3.8, 4) is 0 Å². The van der Waals surface area contributed by atoms with E-state index in [1.807, 2.05) is 21.1 Å². The summed E-state index contributed by atoms with van der Waals surface area (Å²) < 4.78 is 15.1. The maximum absolute atomic E-state index is 10.2. The van der Waals surface area contributed by atoms with E-state index in [1.54, 1.807) is 0 Å². The van der Waals surface area contributed by atoms with Crippen molar-refractivity contribution in [1.82, 2.24) is 0 Å². The van der Waals surface area contributed by atoms with Gasteiger partial charge in [0.1, 0.15) is 13.2 Å². The van der Waals surface area contributed by atoms with Gasteiger partial charge in [-0.15, -0.1) is 0 Å². The third-order valence-corrected chi connectivity index (χ3v) is 1.54. The van der Waals surface area contributed by atoms with E-state index in [-0.39, 0.29) is 56.8 Å². The van der Waals surface area contributed by atoms with Crippen LogP contribution in [0.25, 0.3) is 0 Å². The molecule has 8 heteroatoms. The summed E-state index contributed by atoms with van der Waals surface area (Å²) in [5.74, 6) is 0. The van der Waals surface area contributed by atoms with Crippen LogP contribution >= 0.6 is 7.82 Å². The molecule has 0 saturated heterocycles. The Hall–Kier alpha value is 1.62. The summed E-state index contributed by atoms with van der Waals surface area (Å²) in [5.41, 5.74) is 0. The third-order valence-electron chi connectivity index (χ3n) is 1.02. The molecule has 0 aliphatic rings. The van der Waals surface area contributed by atoms with Crippen LogP contribution in [0.1, 0.15) is 0 Å². The molecule has 0 aromatic heterocycles. The van der Waals surface area contributed by atoms with Gasteiger partial charge in [-0.3, -0.25) is 4.52 Å². The maximum Gasteiger partial charge on any atom is 0.469 e. The van der Waals surface area contributed by atoms with E-state index in [0.717, 1.165) is 0 Å². The molecule has 2 N–H and O–H groups in total. The van der Waals surface area contributed by atoms with Crippen molar-refractivity contribution in [1.29, 1.82) is 0 Å². The summed E-state index contributed by atoms with van der Waals surface area (Å²) in [6, 6.07) is 0. The molecule has 0 fully saturated rings. The fourth-order valence-electron chi connectivity index (χ4n) is 0.434. The number of quaternary nitrogens is 1. The van der Waals surface area contributed by atoms with Gasteiger partial charge in [0.25, 0.3) is 0 Å². The number of hydrogen-bond donors (Lipinski definition) is 2. The molecule has 0 unspecified atom stereocenters. The molecule has 13 heavy (non-hydrogen) atoms. The summed E-state index contributed by atoms with van der Waals surface area (Å²) in [6.45, 7) is 0.652. The Labute approximate surface area is 115 Å². The Morgan fingerprint density at radius 1 is 1.31 bits per heavy atom. The molecule has 0 aliphatic carbocycles. The number of hydrogen-bond acceptors (Lipinski definition) is 2. The van der Waals surface area contributed by atoms with Crippen molar-refractivity contribution in [3.05, 3.63) is 0 Å². The van der Waals surface area contributed by atoms with Crippen molar-refractivity contribution < 1.29 is 35.8 Å². The second-order valence-electron chi connectivity index (χ2n) is 3.34. The third kappa shape index (κ3) is 19.9. The Balaban J connectivity index is -0.000000500. The minimum atomic E-state index is -4.26. The second kappa shape index (κ2) is 7.85. The second-order valence-corrected chi connectivity index (χ2v) is 4.58. The molecule has 0 heterocycles. The summed E-state index contributed by atoms with van der Waals surface area (Å²) >= 11 is 0. The standard InChI is InChI=1S/C5H14NO4P.Ca.ClH/c1-6(2,3)4-5-10-11(7,8)9;;/h4-5H2,1-3H3,(H-,7,8,9);;1H. The number of halogens is 1. The van der Waals surface area contributed by atoms with E-state index in [0.29, 0.717) is 11.0 Å². The van der Waals surface area contributed by atoms with E-state index in [4.69, 9.17) is 9.79 Å². The van der Waals surface area contributed by atoms with E-state index >= 15 is 0 Å². The zero-order valence-corrected chi connectivity index (χ0v) is 12.0. The van der Waals surface area contributed by atoms with Gasteiger partial charge in [0.2, 0.25) is 0 Å². The minimum Gasteiger partial charge on any atom is -1.00 e. The first kappa shape index (κ1) is 20.1. The molecule has 0 amide bonds. The Morgan fingerprint density at radius 2 is 1.69 bits per heavy atom. The predicted molar refractivity (Wildman–Crippen MR) is 46.6 cm³/mol. The first-order valence-corrected chi connectivity index (χ1v) is 4.74. The van der Waals surface area contributed by atoms with Crippen LogP contribution in [0.3, 0.4) is 0 Å². The predicted octanol–water partition coefficient (Wildman–Crippen LogP) is -3.57. The van der Waals surface area contributed by atoms with Gasteiger partial charge in [0, 0.05) is 37.7 Å². The van der Waals surface area contributed by atoms with Gasteiger partial charge < -0.3 is 26.7 Å². The molecular weight excluding hydrogens is 245 g/mol. The van der Waals surface area contributed by atoms with Crippen LogP contribution in [0.5, 0.6) is 0 Å². The molecule has 0 aliphatic heterocycles. The van der Waals surface area contributed by atoms with E-state index in [9.17, 15) is 4.57 Å². The van der Waals surface area contributed by atoms with Crippen LogP contribution in [-0.2, 0) is 9.09 Å². The average molecular weight is 260 g/mol. The zero-order valence-electron chi connectivity index (χ0n) is 8.10. The summed E-state index contributed by atoms with van der Waals surface area (Å²) in [6.07, 6.45) is 0. The molecule has 0 aromatic rings. The molecular formula is C5H15CaClNO4P. The summed E-state index contributed by atoms with van der Waals surface area (Å²) in [4.78, 5) is 16.6. The Morgan fingerprint density at radius 3 is 1.92 bits per heavy atom. The quantitative estimate of drug-likeness (QED) is 0.311. The molecule has 0 spiro atoms.